The Morgan fingerprint density at radius 1 is 1.89 bits per heavy atom. The highest BCUT2D eigenvalue weighted by Crippen LogP contribution is 2.06. The predicted octanol–water partition coefficient (Wildman–Crippen LogP) is 0.382. The number of cyclic esters (lactones) is 1. The summed E-state index contributed by atoms with van der Waals surface area (Å²) in [6.07, 6.45) is 2.87. The molecule has 0 bridgehead atoms. The fourth-order valence-electron chi connectivity index (χ4n) is 0.613. The van der Waals surface area contributed by atoms with Crippen molar-refractivity contribution in [2.75, 3.05) is 0 Å². The second kappa shape index (κ2) is 2.31. The molecule has 46 valence electrons. The smallest absolute Gasteiger partial charge is 0.331 e. The van der Waals surface area contributed by atoms with Gasteiger partial charge in [0.05, 0.1) is 12.5 Å². The number of esters is 1. The van der Waals surface area contributed by atoms with Crippen LogP contribution in [0.15, 0.2) is 12.2 Å². The number of nitrogens with zero attached hydrogens (tertiary/aromatic N) is 1. The van der Waals surface area contributed by atoms with Crippen molar-refractivity contribution in [3.63, 3.8) is 0 Å². The predicted molar refractivity (Wildman–Crippen MR) is 29.2 cm³/mol. The Kier molecular flexibility index (Phi) is 1.50. The molecular weight excluding hydrogens is 118 g/mol. The lowest BCUT2D eigenvalue weighted by molar-refractivity contribution is -0.138. The minimum Gasteiger partial charge on any atom is -0.454 e. The van der Waals surface area contributed by atoms with Gasteiger partial charge in [-0.25, -0.2) is 4.79 Å². The van der Waals surface area contributed by atoms with Crippen LogP contribution >= 0.6 is 0 Å². The zero-order valence-corrected chi connectivity index (χ0v) is 4.70. The first-order chi connectivity index (χ1) is 4.33. The van der Waals surface area contributed by atoms with E-state index in [1.54, 1.807) is 6.08 Å². The van der Waals surface area contributed by atoms with E-state index in [-0.39, 0.29) is 18.5 Å². The highest BCUT2D eigenvalue weighted by Gasteiger charge is 2.14. The summed E-state index contributed by atoms with van der Waals surface area (Å²) in [7, 11) is 0. The van der Waals surface area contributed by atoms with Gasteiger partial charge in [0.1, 0.15) is 6.10 Å². The molecule has 0 radical (unpaired) electrons. The lowest BCUT2D eigenvalue weighted by atomic mass is 10.3. The van der Waals surface area contributed by atoms with E-state index >= 15 is 0 Å². The van der Waals surface area contributed by atoms with Gasteiger partial charge >= 0.3 is 5.97 Å². The minimum atomic E-state index is -0.352. The first-order valence-corrected chi connectivity index (χ1v) is 2.58. The molecule has 1 rings (SSSR count). The molecule has 9 heavy (non-hydrogen) atoms. The summed E-state index contributed by atoms with van der Waals surface area (Å²) >= 11 is 0. The molecule has 1 aliphatic rings. The Bertz CT molecular complexity index is 190. The number of carbonyl (C=O) groups excluding carboxylic acids is 1. The minimum absolute atomic E-state index is 0.252. The van der Waals surface area contributed by atoms with E-state index in [2.05, 4.69) is 4.74 Å². The zero-order chi connectivity index (χ0) is 6.69. The molecule has 3 heteroatoms. The average Bonchev–Trinajstić information content (AvgIpc) is 2.17. The molecule has 3 nitrogen and oxygen atoms in total. The van der Waals surface area contributed by atoms with Crippen molar-refractivity contribution in [2.45, 2.75) is 12.5 Å². The van der Waals surface area contributed by atoms with Gasteiger partial charge in [-0.3, -0.25) is 0 Å². The SMILES string of the molecule is N#CCC1C=CC(=O)O1. The van der Waals surface area contributed by atoms with Crippen molar-refractivity contribution in [3.05, 3.63) is 12.2 Å². The van der Waals surface area contributed by atoms with Crippen molar-refractivity contribution < 1.29 is 9.53 Å². The van der Waals surface area contributed by atoms with Crippen molar-refractivity contribution in [2.24, 2.45) is 0 Å². The molecule has 0 aliphatic carbocycles. The first-order valence-electron chi connectivity index (χ1n) is 2.58. The summed E-state index contributed by atoms with van der Waals surface area (Å²) in [6.45, 7) is 0. The molecule has 0 fully saturated rings. The van der Waals surface area contributed by atoms with Crippen LogP contribution in [0.5, 0.6) is 0 Å². The molecule has 1 unspecified atom stereocenters. The van der Waals surface area contributed by atoms with E-state index in [1.165, 1.54) is 6.08 Å². The molecule has 0 spiro atoms. The summed E-state index contributed by atoms with van der Waals surface area (Å²) in [5, 5.41) is 8.14. The van der Waals surface area contributed by atoms with E-state index in [1.807, 2.05) is 6.07 Å². The number of ether oxygens (including phenoxy) is 1. The summed E-state index contributed by atoms with van der Waals surface area (Å²) < 4.78 is 4.63. The van der Waals surface area contributed by atoms with Crippen molar-refractivity contribution in [3.8, 4) is 6.07 Å². The van der Waals surface area contributed by atoms with Crippen LogP contribution in [0.1, 0.15) is 6.42 Å². The van der Waals surface area contributed by atoms with Gasteiger partial charge in [0.2, 0.25) is 0 Å². The fourth-order valence-corrected chi connectivity index (χ4v) is 0.613. The zero-order valence-electron chi connectivity index (χ0n) is 4.70. The maximum atomic E-state index is 10.3. The van der Waals surface area contributed by atoms with E-state index < -0.39 is 0 Å². The Balaban J connectivity index is 2.43. The molecule has 0 aromatic carbocycles. The molecule has 0 N–H and O–H groups in total. The number of hydrogen-bond donors (Lipinski definition) is 0. The van der Waals surface area contributed by atoms with Crippen LogP contribution in [0, 0.1) is 11.3 Å². The molecule has 0 saturated carbocycles. The van der Waals surface area contributed by atoms with Crippen LogP contribution in [-0.2, 0) is 9.53 Å². The van der Waals surface area contributed by atoms with Crippen LogP contribution in [-0.4, -0.2) is 12.1 Å². The molecule has 1 atom stereocenters. The van der Waals surface area contributed by atoms with Crippen molar-refractivity contribution >= 4 is 5.97 Å². The average molecular weight is 123 g/mol. The second-order valence-electron chi connectivity index (χ2n) is 1.70. The van der Waals surface area contributed by atoms with Gasteiger partial charge in [-0.2, -0.15) is 5.26 Å². The van der Waals surface area contributed by atoms with Crippen LogP contribution < -0.4 is 0 Å². The lowest BCUT2D eigenvalue weighted by Gasteiger charge is -1.99. The van der Waals surface area contributed by atoms with Gasteiger partial charge in [0.15, 0.2) is 0 Å². The third kappa shape index (κ3) is 1.29. The Hall–Kier alpha value is -1.30. The van der Waals surface area contributed by atoms with Crippen LogP contribution in [0.3, 0.4) is 0 Å². The topological polar surface area (TPSA) is 50.1 Å². The second-order valence-corrected chi connectivity index (χ2v) is 1.70. The third-order valence-electron chi connectivity index (χ3n) is 1.01. The maximum Gasteiger partial charge on any atom is 0.331 e. The number of carbonyl (C=O) groups is 1. The van der Waals surface area contributed by atoms with Gasteiger partial charge in [-0.1, -0.05) is 0 Å². The largest absolute Gasteiger partial charge is 0.454 e. The third-order valence-corrected chi connectivity index (χ3v) is 1.01. The van der Waals surface area contributed by atoms with E-state index in [0.29, 0.717) is 0 Å². The highest BCUT2D eigenvalue weighted by molar-refractivity contribution is 5.84. The van der Waals surface area contributed by atoms with Gasteiger partial charge < -0.3 is 4.74 Å². The standard InChI is InChI=1S/C6H5NO2/c7-4-3-5-1-2-6(8)9-5/h1-2,5H,3H2. The van der Waals surface area contributed by atoms with E-state index in [0.717, 1.165) is 0 Å². The lowest BCUT2D eigenvalue weighted by Crippen LogP contribution is -2.05. The molecule has 0 aromatic heterocycles. The molecule has 0 saturated heterocycles. The Morgan fingerprint density at radius 3 is 3.11 bits per heavy atom. The summed E-state index contributed by atoms with van der Waals surface area (Å²) in [6, 6.07) is 1.90. The Labute approximate surface area is 52.5 Å². The Morgan fingerprint density at radius 2 is 2.67 bits per heavy atom. The maximum absolute atomic E-state index is 10.3. The first kappa shape index (κ1) is 5.83. The summed E-state index contributed by atoms with van der Waals surface area (Å²) in [5.41, 5.74) is 0. The van der Waals surface area contributed by atoms with Gasteiger partial charge in [-0.05, 0) is 6.08 Å². The molecular formula is C6H5NO2. The number of nitriles is 1. The normalized spacial score (nSPS) is 23.4. The highest BCUT2D eigenvalue weighted by atomic mass is 16.5. The molecule has 0 amide bonds. The van der Waals surface area contributed by atoms with Crippen LogP contribution in [0.4, 0.5) is 0 Å². The van der Waals surface area contributed by atoms with E-state index in [9.17, 15) is 4.79 Å². The number of rotatable bonds is 1. The monoisotopic (exact) mass is 123 g/mol. The number of hydrogen-bond acceptors (Lipinski definition) is 3. The van der Waals surface area contributed by atoms with Gasteiger partial charge in [0.25, 0.3) is 0 Å². The quantitative estimate of drug-likeness (QED) is 0.473. The van der Waals surface area contributed by atoms with Crippen molar-refractivity contribution in [1.29, 1.82) is 5.26 Å². The van der Waals surface area contributed by atoms with Crippen LogP contribution in [0.25, 0.3) is 0 Å². The summed E-state index contributed by atoms with van der Waals surface area (Å²) in [4.78, 5) is 10.3. The van der Waals surface area contributed by atoms with Crippen molar-refractivity contribution in [1.82, 2.24) is 0 Å². The fraction of sp³-hybridized carbons (Fsp3) is 0.333. The van der Waals surface area contributed by atoms with Crippen LogP contribution in [0.2, 0.25) is 0 Å². The molecule has 0 aromatic rings. The van der Waals surface area contributed by atoms with Gasteiger partial charge in [0, 0.05) is 6.08 Å². The summed E-state index contributed by atoms with van der Waals surface area (Å²) in [5.74, 6) is -0.352. The van der Waals surface area contributed by atoms with Gasteiger partial charge in [-0.15, -0.1) is 0 Å². The molecule has 1 heterocycles. The van der Waals surface area contributed by atoms with E-state index in [4.69, 9.17) is 5.26 Å². The molecule has 1 aliphatic heterocycles.